The minimum Gasteiger partial charge on any atom is -0.479 e. The van der Waals surface area contributed by atoms with Gasteiger partial charge in [0.15, 0.2) is 6.10 Å². The van der Waals surface area contributed by atoms with Gasteiger partial charge in [-0.1, -0.05) is 12.8 Å². The Morgan fingerprint density at radius 3 is 2.65 bits per heavy atom. The SMILES string of the molecule is O=C(O)C1CCC(CNCCCCCCO)O1. The van der Waals surface area contributed by atoms with Gasteiger partial charge >= 0.3 is 5.97 Å². The van der Waals surface area contributed by atoms with Crippen molar-refractivity contribution in [3.8, 4) is 0 Å². The van der Waals surface area contributed by atoms with E-state index in [9.17, 15) is 4.79 Å². The number of carboxylic acid groups (broad SMARTS) is 1. The molecule has 0 spiro atoms. The molecule has 1 saturated heterocycles. The van der Waals surface area contributed by atoms with Gasteiger partial charge in [-0.05, 0) is 32.2 Å². The topological polar surface area (TPSA) is 78.8 Å². The third-order valence-electron chi connectivity index (χ3n) is 3.02. The van der Waals surface area contributed by atoms with Gasteiger partial charge in [0.2, 0.25) is 0 Å². The van der Waals surface area contributed by atoms with E-state index in [-0.39, 0.29) is 12.7 Å². The summed E-state index contributed by atoms with van der Waals surface area (Å²) in [5, 5.41) is 20.6. The number of carbonyl (C=O) groups is 1. The molecule has 5 heteroatoms. The van der Waals surface area contributed by atoms with Crippen molar-refractivity contribution >= 4 is 5.97 Å². The van der Waals surface area contributed by atoms with E-state index in [1.165, 1.54) is 0 Å². The number of aliphatic carboxylic acids is 1. The lowest BCUT2D eigenvalue weighted by Gasteiger charge is -2.12. The van der Waals surface area contributed by atoms with Crippen molar-refractivity contribution in [1.29, 1.82) is 0 Å². The lowest BCUT2D eigenvalue weighted by molar-refractivity contribution is -0.149. The van der Waals surface area contributed by atoms with Crippen molar-refractivity contribution in [3.63, 3.8) is 0 Å². The highest BCUT2D eigenvalue weighted by atomic mass is 16.5. The summed E-state index contributed by atoms with van der Waals surface area (Å²) < 4.78 is 5.37. The summed E-state index contributed by atoms with van der Waals surface area (Å²) >= 11 is 0. The Morgan fingerprint density at radius 2 is 2.00 bits per heavy atom. The summed E-state index contributed by atoms with van der Waals surface area (Å²) in [6.45, 7) is 1.95. The predicted octanol–water partition coefficient (Wildman–Crippen LogP) is 0.761. The minimum absolute atomic E-state index is 0.0496. The fourth-order valence-corrected chi connectivity index (χ4v) is 2.02. The van der Waals surface area contributed by atoms with Crippen molar-refractivity contribution in [3.05, 3.63) is 0 Å². The highest BCUT2D eigenvalue weighted by Crippen LogP contribution is 2.19. The molecule has 0 saturated carbocycles. The first-order valence-corrected chi connectivity index (χ1v) is 6.44. The van der Waals surface area contributed by atoms with E-state index in [1.807, 2.05) is 0 Å². The molecule has 0 aromatic heterocycles. The highest BCUT2D eigenvalue weighted by molar-refractivity contribution is 5.72. The Hall–Kier alpha value is -0.650. The molecule has 1 aliphatic rings. The molecule has 0 aliphatic carbocycles. The quantitative estimate of drug-likeness (QED) is 0.523. The van der Waals surface area contributed by atoms with Crippen LogP contribution in [0.5, 0.6) is 0 Å². The second kappa shape index (κ2) is 8.44. The van der Waals surface area contributed by atoms with Crippen LogP contribution in [0.2, 0.25) is 0 Å². The van der Waals surface area contributed by atoms with E-state index in [2.05, 4.69) is 5.32 Å². The molecule has 17 heavy (non-hydrogen) atoms. The van der Waals surface area contributed by atoms with E-state index in [1.54, 1.807) is 0 Å². The number of ether oxygens (including phenoxy) is 1. The third-order valence-corrected chi connectivity index (χ3v) is 3.02. The van der Waals surface area contributed by atoms with E-state index in [4.69, 9.17) is 14.9 Å². The molecule has 1 heterocycles. The lowest BCUT2D eigenvalue weighted by atomic mass is 10.2. The molecule has 2 unspecified atom stereocenters. The van der Waals surface area contributed by atoms with Crippen LogP contribution in [0, 0.1) is 0 Å². The molecule has 0 bridgehead atoms. The average molecular weight is 245 g/mol. The van der Waals surface area contributed by atoms with E-state index < -0.39 is 12.1 Å². The van der Waals surface area contributed by atoms with Crippen LogP contribution in [0.3, 0.4) is 0 Å². The summed E-state index contributed by atoms with van der Waals surface area (Å²) in [5.41, 5.74) is 0. The van der Waals surface area contributed by atoms with Gasteiger partial charge in [-0.25, -0.2) is 4.79 Å². The highest BCUT2D eigenvalue weighted by Gasteiger charge is 2.29. The van der Waals surface area contributed by atoms with E-state index in [0.29, 0.717) is 6.42 Å². The molecular formula is C12H23NO4. The summed E-state index contributed by atoms with van der Waals surface area (Å²) in [5.74, 6) is -0.850. The molecule has 100 valence electrons. The molecule has 1 aliphatic heterocycles. The summed E-state index contributed by atoms with van der Waals surface area (Å²) in [6, 6.07) is 0. The van der Waals surface area contributed by atoms with E-state index >= 15 is 0 Å². The first-order chi connectivity index (χ1) is 8.24. The molecule has 0 aromatic carbocycles. The zero-order valence-electron chi connectivity index (χ0n) is 10.2. The van der Waals surface area contributed by atoms with Crippen LogP contribution in [0.15, 0.2) is 0 Å². The van der Waals surface area contributed by atoms with Crippen molar-refractivity contribution in [2.75, 3.05) is 19.7 Å². The standard InChI is InChI=1S/C12H23NO4/c14-8-4-2-1-3-7-13-9-10-5-6-11(17-10)12(15)16/h10-11,13-14H,1-9H2,(H,15,16). The van der Waals surface area contributed by atoms with Crippen LogP contribution < -0.4 is 5.32 Å². The molecule has 1 fully saturated rings. The molecule has 0 amide bonds. The number of hydrogen-bond acceptors (Lipinski definition) is 4. The normalized spacial score (nSPS) is 24.1. The van der Waals surface area contributed by atoms with Crippen molar-refractivity contribution in [1.82, 2.24) is 5.32 Å². The van der Waals surface area contributed by atoms with Crippen molar-refractivity contribution in [2.24, 2.45) is 0 Å². The Kier molecular flexibility index (Phi) is 7.16. The van der Waals surface area contributed by atoms with Gasteiger partial charge in [0, 0.05) is 13.2 Å². The molecule has 2 atom stereocenters. The molecular weight excluding hydrogens is 222 g/mol. The largest absolute Gasteiger partial charge is 0.479 e. The molecule has 0 aromatic rings. The number of rotatable bonds is 9. The summed E-state index contributed by atoms with van der Waals surface area (Å²) in [4.78, 5) is 10.7. The number of aliphatic hydroxyl groups is 1. The number of carboxylic acids is 1. The third kappa shape index (κ3) is 6.00. The van der Waals surface area contributed by atoms with Crippen molar-refractivity contribution in [2.45, 2.75) is 50.7 Å². The Bertz CT molecular complexity index is 223. The summed E-state index contributed by atoms with van der Waals surface area (Å²) in [7, 11) is 0. The van der Waals surface area contributed by atoms with Gasteiger partial charge in [0.05, 0.1) is 6.10 Å². The number of unbranched alkanes of at least 4 members (excludes halogenated alkanes) is 3. The second-order valence-corrected chi connectivity index (χ2v) is 4.50. The van der Waals surface area contributed by atoms with Crippen LogP contribution in [-0.2, 0) is 9.53 Å². The molecule has 0 radical (unpaired) electrons. The molecule has 5 nitrogen and oxygen atoms in total. The zero-order valence-corrected chi connectivity index (χ0v) is 10.2. The maximum atomic E-state index is 10.7. The first kappa shape index (κ1) is 14.4. The van der Waals surface area contributed by atoms with Crippen LogP contribution in [0.4, 0.5) is 0 Å². The first-order valence-electron chi connectivity index (χ1n) is 6.44. The van der Waals surface area contributed by atoms with Gasteiger partial charge in [-0.2, -0.15) is 0 Å². The number of nitrogens with one attached hydrogen (secondary N) is 1. The van der Waals surface area contributed by atoms with Crippen LogP contribution in [-0.4, -0.2) is 48.1 Å². The molecule has 3 N–H and O–H groups in total. The lowest BCUT2D eigenvalue weighted by Crippen LogP contribution is -2.29. The zero-order chi connectivity index (χ0) is 12.5. The smallest absolute Gasteiger partial charge is 0.332 e. The Balaban J connectivity index is 1.92. The maximum Gasteiger partial charge on any atom is 0.332 e. The van der Waals surface area contributed by atoms with Crippen LogP contribution >= 0.6 is 0 Å². The maximum absolute atomic E-state index is 10.7. The number of aliphatic hydroxyl groups excluding tert-OH is 1. The van der Waals surface area contributed by atoms with Crippen molar-refractivity contribution < 1.29 is 19.7 Å². The predicted molar refractivity (Wildman–Crippen MR) is 64.0 cm³/mol. The molecule has 1 rings (SSSR count). The van der Waals surface area contributed by atoms with Crippen LogP contribution in [0.25, 0.3) is 0 Å². The Morgan fingerprint density at radius 1 is 1.24 bits per heavy atom. The number of hydrogen-bond donors (Lipinski definition) is 3. The summed E-state index contributed by atoms with van der Waals surface area (Å²) in [6.07, 6.45) is 5.06. The average Bonchev–Trinajstić information content (AvgIpc) is 2.77. The van der Waals surface area contributed by atoms with E-state index in [0.717, 1.165) is 45.2 Å². The van der Waals surface area contributed by atoms with Gasteiger partial charge in [-0.15, -0.1) is 0 Å². The fourth-order valence-electron chi connectivity index (χ4n) is 2.02. The van der Waals surface area contributed by atoms with Gasteiger partial charge in [0.1, 0.15) is 0 Å². The Labute approximate surface area is 102 Å². The van der Waals surface area contributed by atoms with Gasteiger partial charge in [0.25, 0.3) is 0 Å². The van der Waals surface area contributed by atoms with Gasteiger partial charge in [-0.3, -0.25) is 0 Å². The van der Waals surface area contributed by atoms with Gasteiger partial charge < -0.3 is 20.3 Å². The van der Waals surface area contributed by atoms with Crippen LogP contribution in [0.1, 0.15) is 38.5 Å². The fraction of sp³-hybridized carbons (Fsp3) is 0.917. The second-order valence-electron chi connectivity index (χ2n) is 4.50. The monoisotopic (exact) mass is 245 g/mol. The minimum atomic E-state index is -0.850.